The third kappa shape index (κ3) is 0.639. The maximum absolute atomic E-state index is 9.01. The Morgan fingerprint density at radius 1 is 1.50 bits per heavy atom. The van der Waals surface area contributed by atoms with E-state index in [1.54, 1.807) is 30.9 Å². The minimum absolute atomic E-state index is 0.271. The van der Waals surface area contributed by atoms with Gasteiger partial charge in [0.2, 0.25) is 0 Å². The summed E-state index contributed by atoms with van der Waals surface area (Å²) >= 11 is 0. The normalized spacial score (nSPS) is 10.4. The summed E-state index contributed by atoms with van der Waals surface area (Å²) < 4.78 is 1.83. The maximum Gasteiger partial charge on any atom is 0.119 e. The van der Waals surface area contributed by atoms with Gasteiger partial charge in [-0.1, -0.05) is 0 Å². The van der Waals surface area contributed by atoms with Crippen LogP contribution < -0.4 is 0 Å². The van der Waals surface area contributed by atoms with E-state index in [0.29, 0.717) is 0 Å². The van der Waals surface area contributed by atoms with Crippen LogP contribution in [0.4, 0.5) is 0 Å². The molecular formula is C7H6N2O. The average molecular weight is 134 g/mol. The Morgan fingerprint density at radius 2 is 2.40 bits per heavy atom. The first kappa shape index (κ1) is 5.29. The molecule has 2 aromatic heterocycles. The number of nitrogens with zero attached hydrogens (tertiary/aromatic N) is 2. The van der Waals surface area contributed by atoms with Crippen molar-refractivity contribution >= 4 is 5.52 Å². The highest BCUT2D eigenvalue weighted by Gasteiger charge is 1.91. The second-order valence-electron chi connectivity index (χ2n) is 2.11. The molecule has 2 rings (SSSR count). The van der Waals surface area contributed by atoms with Crippen LogP contribution >= 0.6 is 0 Å². The first-order valence-corrected chi connectivity index (χ1v) is 2.97. The van der Waals surface area contributed by atoms with Crippen LogP contribution in [-0.4, -0.2) is 14.5 Å². The predicted octanol–water partition coefficient (Wildman–Crippen LogP) is 1.04. The van der Waals surface area contributed by atoms with Crippen LogP contribution in [0.2, 0.25) is 0 Å². The molecule has 3 heteroatoms. The van der Waals surface area contributed by atoms with E-state index in [0.717, 1.165) is 5.52 Å². The molecule has 0 aliphatic rings. The topological polar surface area (TPSA) is 37.5 Å². The van der Waals surface area contributed by atoms with Crippen LogP contribution in [0.15, 0.2) is 30.9 Å². The van der Waals surface area contributed by atoms with Crippen LogP contribution in [0.1, 0.15) is 0 Å². The summed E-state index contributed by atoms with van der Waals surface area (Å²) in [5.74, 6) is 0.271. The Bertz CT molecular complexity index is 353. The van der Waals surface area contributed by atoms with Gasteiger partial charge in [0.25, 0.3) is 0 Å². The van der Waals surface area contributed by atoms with Gasteiger partial charge in [0, 0.05) is 12.3 Å². The number of rotatable bonds is 0. The van der Waals surface area contributed by atoms with Crippen LogP contribution in [-0.2, 0) is 0 Å². The van der Waals surface area contributed by atoms with Crippen LogP contribution in [0, 0.1) is 0 Å². The minimum atomic E-state index is 0.271. The van der Waals surface area contributed by atoms with Gasteiger partial charge in [0.05, 0.1) is 18.0 Å². The van der Waals surface area contributed by atoms with Crippen molar-refractivity contribution in [2.75, 3.05) is 0 Å². The summed E-state index contributed by atoms with van der Waals surface area (Å²) in [5, 5.41) is 9.01. The molecule has 0 aliphatic heterocycles. The largest absolute Gasteiger partial charge is 0.508 e. The Labute approximate surface area is 57.6 Å². The molecule has 0 radical (unpaired) electrons. The standard InChI is InChI=1S/C7H6N2O/c10-7-1-2-9-5-8-4-6(9)3-7/h1-5,10H. The van der Waals surface area contributed by atoms with Gasteiger partial charge < -0.3 is 9.51 Å². The van der Waals surface area contributed by atoms with Gasteiger partial charge in [0.15, 0.2) is 0 Å². The highest BCUT2D eigenvalue weighted by atomic mass is 16.3. The monoisotopic (exact) mass is 134 g/mol. The zero-order valence-electron chi connectivity index (χ0n) is 5.23. The molecule has 0 fully saturated rings. The Morgan fingerprint density at radius 3 is 3.30 bits per heavy atom. The van der Waals surface area contributed by atoms with Crippen molar-refractivity contribution < 1.29 is 5.11 Å². The fraction of sp³-hybridized carbons (Fsp3) is 0. The quantitative estimate of drug-likeness (QED) is 0.584. The van der Waals surface area contributed by atoms with Crippen molar-refractivity contribution in [1.29, 1.82) is 0 Å². The number of aromatic hydroxyl groups is 1. The zero-order chi connectivity index (χ0) is 6.97. The second-order valence-corrected chi connectivity index (χ2v) is 2.11. The van der Waals surface area contributed by atoms with Crippen LogP contribution in [0.5, 0.6) is 5.75 Å². The van der Waals surface area contributed by atoms with E-state index in [1.165, 1.54) is 0 Å². The summed E-state index contributed by atoms with van der Waals surface area (Å²) in [6.07, 6.45) is 5.14. The minimum Gasteiger partial charge on any atom is -0.508 e. The molecule has 3 nitrogen and oxygen atoms in total. The Kier molecular flexibility index (Phi) is 0.917. The van der Waals surface area contributed by atoms with Crippen molar-refractivity contribution in [3.63, 3.8) is 0 Å². The third-order valence-electron chi connectivity index (χ3n) is 1.40. The Balaban J connectivity index is 2.86. The fourth-order valence-corrected chi connectivity index (χ4v) is 0.908. The third-order valence-corrected chi connectivity index (χ3v) is 1.40. The molecule has 0 spiro atoms. The molecule has 0 bridgehead atoms. The van der Waals surface area contributed by atoms with Gasteiger partial charge >= 0.3 is 0 Å². The summed E-state index contributed by atoms with van der Waals surface area (Å²) in [5.41, 5.74) is 0.903. The molecule has 0 amide bonds. The number of fused-ring (bicyclic) bond motifs is 1. The number of hydrogen-bond acceptors (Lipinski definition) is 2. The number of pyridine rings is 1. The molecule has 1 N–H and O–H groups in total. The van der Waals surface area contributed by atoms with Crippen molar-refractivity contribution in [2.45, 2.75) is 0 Å². The summed E-state index contributed by atoms with van der Waals surface area (Å²) in [7, 11) is 0. The molecule has 2 heterocycles. The molecule has 0 saturated carbocycles. The molecule has 0 aromatic carbocycles. The number of hydrogen-bond donors (Lipinski definition) is 1. The lowest BCUT2D eigenvalue weighted by Crippen LogP contribution is -1.77. The van der Waals surface area contributed by atoms with E-state index in [4.69, 9.17) is 5.11 Å². The second kappa shape index (κ2) is 1.73. The lowest BCUT2D eigenvalue weighted by molar-refractivity contribution is 0.475. The highest BCUT2D eigenvalue weighted by Crippen LogP contribution is 2.10. The van der Waals surface area contributed by atoms with E-state index in [9.17, 15) is 0 Å². The van der Waals surface area contributed by atoms with Gasteiger partial charge in [-0.25, -0.2) is 4.98 Å². The fourth-order valence-electron chi connectivity index (χ4n) is 0.908. The molecule has 0 saturated heterocycles. The Hall–Kier alpha value is -1.51. The SMILES string of the molecule is Oc1ccn2cncc2c1. The van der Waals surface area contributed by atoms with Gasteiger partial charge in [-0.2, -0.15) is 0 Å². The number of aromatic nitrogens is 2. The van der Waals surface area contributed by atoms with Crippen LogP contribution in [0.3, 0.4) is 0 Å². The van der Waals surface area contributed by atoms with Gasteiger partial charge in [-0.3, -0.25) is 0 Å². The van der Waals surface area contributed by atoms with E-state index in [-0.39, 0.29) is 5.75 Å². The van der Waals surface area contributed by atoms with E-state index in [1.807, 2.05) is 4.40 Å². The molecule has 10 heavy (non-hydrogen) atoms. The van der Waals surface area contributed by atoms with Crippen molar-refractivity contribution in [3.05, 3.63) is 30.9 Å². The van der Waals surface area contributed by atoms with Gasteiger partial charge in [-0.15, -0.1) is 0 Å². The molecular weight excluding hydrogens is 128 g/mol. The molecule has 50 valence electrons. The molecule has 2 aromatic rings. The first-order valence-electron chi connectivity index (χ1n) is 2.97. The zero-order valence-corrected chi connectivity index (χ0v) is 5.23. The summed E-state index contributed by atoms with van der Waals surface area (Å²) in [6.45, 7) is 0. The lowest BCUT2D eigenvalue weighted by atomic mass is 10.4. The highest BCUT2D eigenvalue weighted by molar-refractivity contribution is 5.48. The summed E-state index contributed by atoms with van der Waals surface area (Å²) in [6, 6.07) is 3.28. The number of imidazole rings is 1. The lowest BCUT2D eigenvalue weighted by Gasteiger charge is -1.92. The summed E-state index contributed by atoms with van der Waals surface area (Å²) in [4.78, 5) is 3.89. The predicted molar refractivity (Wildman–Crippen MR) is 36.9 cm³/mol. The van der Waals surface area contributed by atoms with Gasteiger partial charge in [0.1, 0.15) is 5.75 Å². The van der Waals surface area contributed by atoms with Gasteiger partial charge in [-0.05, 0) is 6.07 Å². The molecule has 0 aliphatic carbocycles. The van der Waals surface area contributed by atoms with Crippen LogP contribution in [0.25, 0.3) is 5.52 Å². The van der Waals surface area contributed by atoms with E-state index < -0.39 is 0 Å². The van der Waals surface area contributed by atoms with Crippen molar-refractivity contribution in [2.24, 2.45) is 0 Å². The first-order chi connectivity index (χ1) is 4.86. The van der Waals surface area contributed by atoms with E-state index >= 15 is 0 Å². The molecule has 0 unspecified atom stereocenters. The van der Waals surface area contributed by atoms with E-state index in [2.05, 4.69) is 4.98 Å². The smallest absolute Gasteiger partial charge is 0.119 e. The molecule has 0 atom stereocenters. The van der Waals surface area contributed by atoms with Crippen molar-refractivity contribution in [3.8, 4) is 5.75 Å². The van der Waals surface area contributed by atoms with Crippen molar-refractivity contribution in [1.82, 2.24) is 9.38 Å². The maximum atomic E-state index is 9.01. The average Bonchev–Trinajstić information content (AvgIpc) is 2.33.